The van der Waals surface area contributed by atoms with Crippen molar-refractivity contribution in [2.45, 2.75) is 6.10 Å². The van der Waals surface area contributed by atoms with Crippen LogP contribution in [-0.4, -0.2) is 23.3 Å². The number of carbonyl (C=O) groups is 1. The van der Waals surface area contributed by atoms with Crippen LogP contribution in [0.5, 0.6) is 5.75 Å². The van der Waals surface area contributed by atoms with Crippen LogP contribution in [0, 0.1) is 5.82 Å². The van der Waals surface area contributed by atoms with Gasteiger partial charge in [0.1, 0.15) is 11.6 Å². The Labute approximate surface area is 93.4 Å². The van der Waals surface area contributed by atoms with Crippen molar-refractivity contribution in [1.29, 1.82) is 0 Å². The lowest BCUT2D eigenvalue weighted by atomic mass is 10.1. The fourth-order valence-electron chi connectivity index (χ4n) is 1.05. The molecule has 0 aliphatic rings. The van der Waals surface area contributed by atoms with Gasteiger partial charge in [0.2, 0.25) is 0 Å². The SMILES string of the molecule is COc1ccc(C(O)C(=O)O)c(F)c1Br. The number of benzene rings is 1. The van der Waals surface area contributed by atoms with Crippen LogP contribution in [0.25, 0.3) is 0 Å². The van der Waals surface area contributed by atoms with E-state index in [0.717, 1.165) is 6.07 Å². The second-order valence-electron chi connectivity index (χ2n) is 2.73. The third-order valence-corrected chi connectivity index (χ3v) is 2.56. The Hall–Kier alpha value is -1.14. The monoisotopic (exact) mass is 278 g/mol. The standard InChI is InChI=1S/C9H8BrFO4/c1-15-5-3-2-4(7(11)6(5)10)8(12)9(13)14/h2-3,8,12H,1H3,(H,13,14). The third kappa shape index (κ3) is 2.27. The van der Waals surface area contributed by atoms with E-state index in [9.17, 15) is 9.18 Å². The van der Waals surface area contributed by atoms with Gasteiger partial charge in [-0.2, -0.15) is 0 Å². The van der Waals surface area contributed by atoms with Crippen LogP contribution < -0.4 is 4.74 Å². The number of methoxy groups -OCH3 is 1. The van der Waals surface area contributed by atoms with Crippen LogP contribution >= 0.6 is 15.9 Å². The summed E-state index contributed by atoms with van der Waals surface area (Å²) in [5, 5.41) is 17.7. The van der Waals surface area contributed by atoms with Gasteiger partial charge < -0.3 is 14.9 Å². The molecule has 1 unspecified atom stereocenters. The second-order valence-corrected chi connectivity index (χ2v) is 3.52. The summed E-state index contributed by atoms with van der Waals surface area (Å²) in [7, 11) is 1.35. The van der Waals surface area contributed by atoms with Crippen molar-refractivity contribution >= 4 is 21.9 Å². The molecule has 0 aromatic heterocycles. The van der Waals surface area contributed by atoms with E-state index in [4.69, 9.17) is 14.9 Å². The molecule has 0 aliphatic heterocycles. The first-order chi connectivity index (χ1) is 6.99. The van der Waals surface area contributed by atoms with Gasteiger partial charge in [-0.1, -0.05) is 0 Å². The zero-order chi connectivity index (χ0) is 11.6. The molecule has 1 aromatic carbocycles. The quantitative estimate of drug-likeness (QED) is 0.884. The maximum atomic E-state index is 13.5. The Morgan fingerprint density at radius 1 is 1.60 bits per heavy atom. The molecule has 82 valence electrons. The van der Waals surface area contributed by atoms with Gasteiger partial charge >= 0.3 is 5.97 Å². The Kier molecular flexibility index (Phi) is 3.65. The van der Waals surface area contributed by atoms with Crippen LogP contribution in [-0.2, 0) is 4.79 Å². The normalized spacial score (nSPS) is 12.3. The lowest BCUT2D eigenvalue weighted by Crippen LogP contribution is -2.12. The highest BCUT2D eigenvalue weighted by Gasteiger charge is 2.22. The van der Waals surface area contributed by atoms with Crippen molar-refractivity contribution in [1.82, 2.24) is 0 Å². The topological polar surface area (TPSA) is 66.8 Å². The zero-order valence-corrected chi connectivity index (χ0v) is 9.28. The van der Waals surface area contributed by atoms with Gasteiger partial charge in [-0.3, -0.25) is 0 Å². The number of aliphatic carboxylic acids is 1. The molecule has 6 heteroatoms. The second kappa shape index (κ2) is 4.59. The van der Waals surface area contributed by atoms with Gasteiger partial charge in [0.15, 0.2) is 6.10 Å². The van der Waals surface area contributed by atoms with Crippen molar-refractivity contribution in [3.05, 3.63) is 28.0 Å². The van der Waals surface area contributed by atoms with E-state index in [1.54, 1.807) is 0 Å². The lowest BCUT2D eigenvalue weighted by Gasteiger charge is -2.10. The Morgan fingerprint density at radius 2 is 2.20 bits per heavy atom. The summed E-state index contributed by atoms with van der Waals surface area (Å²) in [5.41, 5.74) is -0.310. The minimum Gasteiger partial charge on any atom is -0.495 e. The smallest absolute Gasteiger partial charge is 0.337 e. The molecule has 15 heavy (non-hydrogen) atoms. The van der Waals surface area contributed by atoms with Crippen LogP contribution in [0.1, 0.15) is 11.7 Å². The van der Waals surface area contributed by atoms with Crippen LogP contribution in [0.2, 0.25) is 0 Å². The molecule has 0 amide bonds. The predicted octanol–water partition coefficient (Wildman–Crippen LogP) is 1.71. The summed E-state index contributed by atoms with van der Waals surface area (Å²) in [5.74, 6) is -2.12. The number of carboxylic acids is 1. The van der Waals surface area contributed by atoms with Gasteiger partial charge in [-0.15, -0.1) is 0 Å². The average molecular weight is 279 g/mol. The number of aliphatic hydroxyl groups excluding tert-OH is 1. The number of hydrogen-bond acceptors (Lipinski definition) is 3. The van der Waals surface area contributed by atoms with Crippen LogP contribution in [0.15, 0.2) is 16.6 Å². The zero-order valence-electron chi connectivity index (χ0n) is 7.70. The van der Waals surface area contributed by atoms with Crippen molar-refractivity contribution in [2.24, 2.45) is 0 Å². The number of rotatable bonds is 3. The van der Waals surface area contributed by atoms with Crippen molar-refractivity contribution in [2.75, 3.05) is 7.11 Å². The number of ether oxygens (including phenoxy) is 1. The van der Waals surface area contributed by atoms with E-state index < -0.39 is 17.9 Å². The molecular formula is C9H8BrFO4. The molecule has 4 nitrogen and oxygen atoms in total. The maximum absolute atomic E-state index is 13.5. The Morgan fingerprint density at radius 3 is 2.67 bits per heavy atom. The largest absolute Gasteiger partial charge is 0.495 e. The first kappa shape index (κ1) is 11.9. The van der Waals surface area contributed by atoms with Gasteiger partial charge in [0.05, 0.1) is 11.6 Å². The number of hydrogen-bond donors (Lipinski definition) is 2. The van der Waals surface area contributed by atoms with Gasteiger partial charge in [-0.25, -0.2) is 9.18 Å². The molecule has 1 rings (SSSR count). The highest BCUT2D eigenvalue weighted by atomic mass is 79.9. The van der Waals surface area contributed by atoms with E-state index in [-0.39, 0.29) is 15.8 Å². The van der Waals surface area contributed by atoms with Crippen molar-refractivity contribution in [3.8, 4) is 5.75 Å². The average Bonchev–Trinajstić information content (AvgIpc) is 2.21. The fourth-order valence-corrected chi connectivity index (χ4v) is 1.57. The highest BCUT2D eigenvalue weighted by Crippen LogP contribution is 2.32. The van der Waals surface area contributed by atoms with E-state index in [0.29, 0.717) is 0 Å². The predicted molar refractivity (Wildman–Crippen MR) is 53.2 cm³/mol. The lowest BCUT2D eigenvalue weighted by molar-refractivity contribution is -0.147. The Balaban J connectivity index is 3.23. The first-order valence-corrected chi connectivity index (χ1v) is 4.71. The molecule has 0 bridgehead atoms. The maximum Gasteiger partial charge on any atom is 0.337 e. The summed E-state index contributed by atoms with van der Waals surface area (Å²) < 4.78 is 18.3. The molecular weight excluding hydrogens is 271 g/mol. The molecule has 0 fully saturated rings. The third-order valence-electron chi connectivity index (χ3n) is 1.83. The van der Waals surface area contributed by atoms with E-state index >= 15 is 0 Å². The minimum absolute atomic E-state index is 0.0113. The molecule has 0 radical (unpaired) electrons. The molecule has 0 saturated carbocycles. The van der Waals surface area contributed by atoms with Gasteiger partial charge in [-0.05, 0) is 28.1 Å². The van der Waals surface area contributed by atoms with Crippen molar-refractivity contribution in [3.63, 3.8) is 0 Å². The van der Waals surface area contributed by atoms with Gasteiger partial charge in [0, 0.05) is 5.56 Å². The summed E-state index contributed by atoms with van der Waals surface area (Å²) in [6.45, 7) is 0. The first-order valence-electron chi connectivity index (χ1n) is 3.91. The fraction of sp³-hybridized carbons (Fsp3) is 0.222. The Bertz CT molecular complexity index is 394. The van der Waals surface area contributed by atoms with Crippen LogP contribution in [0.3, 0.4) is 0 Å². The van der Waals surface area contributed by atoms with Crippen LogP contribution in [0.4, 0.5) is 4.39 Å². The summed E-state index contributed by atoms with van der Waals surface area (Å²) >= 11 is 2.90. The number of carboxylic acid groups (broad SMARTS) is 1. The molecule has 0 aliphatic carbocycles. The summed E-state index contributed by atoms with van der Waals surface area (Å²) in [6, 6.07) is 2.53. The van der Waals surface area contributed by atoms with Crippen molar-refractivity contribution < 1.29 is 24.1 Å². The van der Waals surface area contributed by atoms with E-state index in [1.807, 2.05) is 0 Å². The molecule has 0 spiro atoms. The van der Waals surface area contributed by atoms with E-state index in [2.05, 4.69) is 15.9 Å². The molecule has 2 N–H and O–H groups in total. The molecule has 0 heterocycles. The number of halogens is 2. The van der Waals surface area contributed by atoms with Gasteiger partial charge in [0.25, 0.3) is 0 Å². The highest BCUT2D eigenvalue weighted by molar-refractivity contribution is 9.10. The number of aliphatic hydroxyl groups is 1. The molecule has 0 saturated heterocycles. The summed E-state index contributed by atoms with van der Waals surface area (Å²) in [4.78, 5) is 10.5. The molecule has 1 atom stereocenters. The van der Waals surface area contributed by atoms with E-state index in [1.165, 1.54) is 13.2 Å². The summed E-state index contributed by atoms with van der Waals surface area (Å²) in [6.07, 6.45) is -1.88. The minimum atomic E-state index is -1.88. The molecule has 1 aromatic rings.